The molecule has 2 saturated carbocycles. The number of hydrogen-bond donors (Lipinski definition) is 0. The fraction of sp³-hybridized carbons (Fsp3) is 0.625. The maximum absolute atomic E-state index is 13.8. The lowest BCUT2D eigenvalue weighted by Gasteiger charge is -2.33. The van der Waals surface area contributed by atoms with Gasteiger partial charge in [-0.15, -0.1) is 6.42 Å². The number of aromatic nitrogens is 3. The number of terminal acetylenes is 1. The van der Waals surface area contributed by atoms with E-state index < -0.39 is 0 Å². The van der Waals surface area contributed by atoms with E-state index in [1.54, 1.807) is 0 Å². The Balaban J connectivity index is 1.86. The second-order valence-corrected chi connectivity index (χ2v) is 9.66. The van der Waals surface area contributed by atoms with Crippen molar-refractivity contribution in [3.8, 4) is 12.3 Å². The first-order valence-electron chi connectivity index (χ1n) is 11.0. The number of pyridine rings is 1. The van der Waals surface area contributed by atoms with Gasteiger partial charge in [-0.25, -0.2) is 9.67 Å². The molecule has 154 valence electrons. The summed E-state index contributed by atoms with van der Waals surface area (Å²) in [5.74, 6) is 3.23. The van der Waals surface area contributed by atoms with Crippen molar-refractivity contribution in [2.24, 2.45) is 0 Å². The number of rotatable bonds is 4. The standard InChI is InChI=1S/C24H32N4O/c1-6-14-27(18-10-8-7-9-11-18)23(29)19-15-20(17-12-13-17)25-22-21(19)16(2)26-28(22)24(3,4)5/h1,15,17-18H,7-14H2,2-5H3. The largest absolute Gasteiger partial charge is 0.325 e. The minimum Gasteiger partial charge on any atom is -0.325 e. The molecule has 2 aromatic rings. The summed E-state index contributed by atoms with van der Waals surface area (Å²) in [5, 5.41) is 5.67. The molecule has 2 heterocycles. The highest BCUT2D eigenvalue weighted by atomic mass is 16.2. The summed E-state index contributed by atoms with van der Waals surface area (Å²) in [6.07, 6.45) is 13.6. The minimum atomic E-state index is -0.204. The average Bonchev–Trinajstić information content (AvgIpc) is 3.48. The molecule has 0 spiro atoms. The highest BCUT2D eigenvalue weighted by Crippen LogP contribution is 2.41. The van der Waals surface area contributed by atoms with Gasteiger partial charge in [-0.3, -0.25) is 4.79 Å². The first-order valence-corrected chi connectivity index (χ1v) is 11.0. The minimum absolute atomic E-state index is 0.0423. The first-order chi connectivity index (χ1) is 13.8. The van der Waals surface area contributed by atoms with Gasteiger partial charge < -0.3 is 4.90 Å². The molecule has 4 rings (SSSR count). The van der Waals surface area contributed by atoms with Gasteiger partial charge in [0.2, 0.25) is 0 Å². The molecule has 0 atom stereocenters. The van der Waals surface area contributed by atoms with Crippen LogP contribution < -0.4 is 0 Å². The summed E-state index contributed by atoms with van der Waals surface area (Å²) in [7, 11) is 0. The number of carbonyl (C=O) groups is 1. The molecule has 0 N–H and O–H groups in total. The molecule has 2 aliphatic carbocycles. The Morgan fingerprint density at radius 3 is 2.52 bits per heavy atom. The Morgan fingerprint density at radius 1 is 1.24 bits per heavy atom. The molecule has 0 aliphatic heterocycles. The predicted molar refractivity (Wildman–Crippen MR) is 116 cm³/mol. The van der Waals surface area contributed by atoms with Gasteiger partial charge in [-0.2, -0.15) is 5.10 Å². The lowest BCUT2D eigenvalue weighted by atomic mass is 9.93. The van der Waals surface area contributed by atoms with Crippen molar-refractivity contribution in [1.82, 2.24) is 19.7 Å². The summed E-state index contributed by atoms with van der Waals surface area (Å²) >= 11 is 0. The maximum atomic E-state index is 13.8. The van der Waals surface area contributed by atoms with Crippen LogP contribution in [0.15, 0.2) is 6.07 Å². The van der Waals surface area contributed by atoms with E-state index in [9.17, 15) is 4.79 Å². The summed E-state index contributed by atoms with van der Waals surface area (Å²) in [4.78, 5) is 20.7. The van der Waals surface area contributed by atoms with Gasteiger partial charge in [0, 0.05) is 17.7 Å². The third-order valence-electron chi connectivity index (χ3n) is 6.23. The molecule has 0 unspecified atom stereocenters. The van der Waals surface area contributed by atoms with Crippen molar-refractivity contribution in [2.45, 2.75) is 90.1 Å². The van der Waals surface area contributed by atoms with Crippen molar-refractivity contribution < 1.29 is 4.79 Å². The molecule has 1 amide bonds. The second kappa shape index (κ2) is 7.48. The topological polar surface area (TPSA) is 51.0 Å². The number of fused-ring (bicyclic) bond motifs is 1. The fourth-order valence-electron chi connectivity index (χ4n) is 4.55. The predicted octanol–water partition coefficient (Wildman–Crippen LogP) is 4.78. The second-order valence-electron chi connectivity index (χ2n) is 9.66. The molecule has 29 heavy (non-hydrogen) atoms. The summed E-state index contributed by atoms with van der Waals surface area (Å²) in [5.41, 5.74) is 3.23. The van der Waals surface area contributed by atoms with Gasteiger partial charge in [0.25, 0.3) is 5.91 Å². The average molecular weight is 393 g/mol. The number of amides is 1. The molecule has 0 radical (unpaired) electrons. The van der Waals surface area contributed by atoms with E-state index in [0.717, 1.165) is 53.7 Å². The van der Waals surface area contributed by atoms with Gasteiger partial charge in [-0.05, 0) is 59.4 Å². The molecule has 5 heteroatoms. The summed E-state index contributed by atoms with van der Waals surface area (Å²) < 4.78 is 1.98. The monoisotopic (exact) mass is 392 g/mol. The Labute approximate surface area is 173 Å². The molecular formula is C24H32N4O. The lowest BCUT2D eigenvalue weighted by Crippen LogP contribution is -2.42. The lowest BCUT2D eigenvalue weighted by molar-refractivity contribution is 0.0669. The van der Waals surface area contributed by atoms with E-state index in [1.165, 1.54) is 19.3 Å². The molecule has 0 bridgehead atoms. The van der Waals surface area contributed by atoms with E-state index in [1.807, 2.05) is 22.6 Å². The number of carbonyl (C=O) groups excluding carboxylic acids is 1. The molecule has 0 aromatic carbocycles. The highest BCUT2D eigenvalue weighted by molar-refractivity contribution is 6.07. The van der Waals surface area contributed by atoms with Gasteiger partial charge in [0.15, 0.2) is 5.65 Å². The number of nitrogens with zero attached hydrogens (tertiary/aromatic N) is 4. The van der Waals surface area contributed by atoms with Crippen molar-refractivity contribution in [3.05, 3.63) is 23.0 Å². The van der Waals surface area contributed by atoms with E-state index in [0.29, 0.717) is 12.5 Å². The van der Waals surface area contributed by atoms with Crippen LogP contribution in [0.3, 0.4) is 0 Å². The molecule has 2 fully saturated rings. The van der Waals surface area contributed by atoms with Crippen LogP contribution in [0.4, 0.5) is 0 Å². The van der Waals surface area contributed by atoms with Crippen LogP contribution in [-0.2, 0) is 5.54 Å². The van der Waals surface area contributed by atoms with Crippen LogP contribution in [0, 0.1) is 19.3 Å². The van der Waals surface area contributed by atoms with Gasteiger partial charge >= 0.3 is 0 Å². The SMILES string of the molecule is C#CCN(C(=O)c1cc(C2CC2)nc2c1c(C)nn2C(C)(C)C)C1CCCCC1. The van der Waals surface area contributed by atoms with E-state index >= 15 is 0 Å². The summed E-state index contributed by atoms with van der Waals surface area (Å²) in [6.45, 7) is 8.71. The van der Waals surface area contributed by atoms with Crippen LogP contribution in [0.2, 0.25) is 0 Å². The molecule has 2 aliphatic rings. The molecule has 2 aromatic heterocycles. The Hall–Kier alpha value is -2.35. The van der Waals surface area contributed by atoms with Crippen LogP contribution in [0.25, 0.3) is 11.0 Å². The van der Waals surface area contributed by atoms with Crippen molar-refractivity contribution in [1.29, 1.82) is 0 Å². The van der Waals surface area contributed by atoms with E-state index in [2.05, 4.69) is 26.7 Å². The Bertz CT molecular complexity index is 965. The Kier molecular flexibility index (Phi) is 5.14. The third-order valence-corrected chi connectivity index (χ3v) is 6.23. The Morgan fingerprint density at radius 2 is 1.93 bits per heavy atom. The fourth-order valence-corrected chi connectivity index (χ4v) is 4.55. The maximum Gasteiger partial charge on any atom is 0.255 e. The van der Waals surface area contributed by atoms with Crippen LogP contribution >= 0.6 is 0 Å². The van der Waals surface area contributed by atoms with Crippen LogP contribution in [0.1, 0.15) is 93.4 Å². The first kappa shape index (κ1) is 19.9. The van der Waals surface area contributed by atoms with Crippen LogP contribution in [-0.4, -0.2) is 38.2 Å². The molecule has 0 saturated heterocycles. The number of hydrogen-bond acceptors (Lipinski definition) is 3. The van der Waals surface area contributed by atoms with E-state index in [-0.39, 0.29) is 17.5 Å². The van der Waals surface area contributed by atoms with Crippen molar-refractivity contribution in [2.75, 3.05) is 6.54 Å². The summed E-state index contributed by atoms with van der Waals surface area (Å²) in [6, 6.07) is 2.26. The van der Waals surface area contributed by atoms with Crippen molar-refractivity contribution >= 4 is 16.9 Å². The smallest absolute Gasteiger partial charge is 0.255 e. The quantitative estimate of drug-likeness (QED) is 0.704. The zero-order chi connectivity index (χ0) is 20.8. The molecular weight excluding hydrogens is 360 g/mol. The highest BCUT2D eigenvalue weighted by Gasteiger charge is 2.33. The van der Waals surface area contributed by atoms with Crippen LogP contribution in [0.5, 0.6) is 0 Å². The van der Waals surface area contributed by atoms with E-state index in [4.69, 9.17) is 16.5 Å². The van der Waals surface area contributed by atoms with Gasteiger partial charge in [-0.1, -0.05) is 25.2 Å². The normalized spacial score (nSPS) is 18.0. The zero-order valence-corrected chi connectivity index (χ0v) is 18.2. The van der Waals surface area contributed by atoms with Gasteiger partial charge in [0.05, 0.1) is 28.7 Å². The van der Waals surface area contributed by atoms with Gasteiger partial charge in [0.1, 0.15) is 0 Å². The molecule has 5 nitrogen and oxygen atoms in total. The third kappa shape index (κ3) is 3.77. The zero-order valence-electron chi connectivity index (χ0n) is 18.2. The van der Waals surface area contributed by atoms with Crippen molar-refractivity contribution in [3.63, 3.8) is 0 Å². The number of aryl methyl sites for hydroxylation is 1.